The summed E-state index contributed by atoms with van der Waals surface area (Å²) in [4.78, 5) is 27.9. The first kappa shape index (κ1) is 12.2. The number of carbonyl (C=O) groups is 2. The van der Waals surface area contributed by atoms with E-state index in [1.165, 1.54) is 16.8 Å². The zero-order valence-electron chi connectivity index (χ0n) is 8.64. The van der Waals surface area contributed by atoms with E-state index in [1.54, 1.807) is 6.92 Å². The van der Waals surface area contributed by atoms with Gasteiger partial charge in [-0.05, 0) is 6.92 Å². The molecule has 16 heavy (non-hydrogen) atoms. The lowest BCUT2D eigenvalue weighted by molar-refractivity contribution is -0.137. The van der Waals surface area contributed by atoms with Crippen LogP contribution >= 0.6 is 11.3 Å². The van der Waals surface area contributed by atoms with Crippen LogP contribution in [-0.2, 0) is 4.79 Å². The fourth-order valence-corrected chi connectivity index (χ4v) is 1.89. The van der Waals surface area contributed by atoms with Gasteiger partial charge in [0.15, 0.2) is 0 Å². The topological polar surface area (TPSA) is 70.5 Å². The summed E-state index contributed by atoms with van der Waals surface area (Å²) in [6.45, 7) is 1.27. The van der Waals surface area contributed by atoms with Crippen LogP contribution in [0, 0.1) is 19.3 Å². The SMILES string of the molecule is C#CCN(CC(=O)O)C(=O)c1scnc1C. The monoisotopic (exact) mass is 238 g/mol. The van der Waals surface area contributed by atoms with Crippen molar-refractivity contribution in [2.24, 2.45) is 0 Å². The van der Waals surface area contributed by atoms with Gasteiger partial charge < -0.3 is 10.0 Å². The predicted molar refractivity (Wildman–Crippen MR) is 59.2 cm³/mol. The molecule has 0 fully saturated rings. The Bertz CT molecular complexity index is 447. The summed E-state index contributed by atoms with van der Waals surface area (Å²) >= 11 is 1.18. The Balaban J connectivity index is 2.88. The summed E-state index contributed by atoms with van der Waals surface area (Å²) < 4.78 is 0. The summed E-state index contributed by atoms with van der Waals surface area (Å²) in [5.74, 6) is 0.781. The highest BCUT2D eigenvalue weighted by Gasteiger charge is 2.20. The number of carboxylic acids is 1. The van der Waals surface area contributed by atoms with E-state index in [4.69, 9.17) is 11.5 Å². The molecule has 5 nitrogen and oxygen atoms in total. The maximum absolute atomic E-state index is 11.9. The van der Waals surface area contributed by atoms with Crippen LogP contribution in [0.5, 0.6) is 0 Å². The third-order valence-corrected chi connectivity index (χ3v) is 2.75. The smallest absolute Gasteiger partial charge is 0.323 e. The maximum atomic E-state index is 11.9. The van der Waals surface area contributed by atoms with Gasteiger partial charge in [0.25, 0.3) is 5.91 Å². The van der Waals surface area contributed by atoms with Gasteiger partial charge >= 0.3 is 5.97 Å². The lowest BCUT2D eigenvalue weighted by atomic mass is 10.3. The minimum absolute atomic E-state index is 0.0253. The lowest BCUT2D eigenvalue weighted by Crippen LogP contribution is -2.35. The molecule has 0 aromatic carbocycles. The molecule has 1 aromatic rings. The second-order valence-corrected chi connectivity index (χ2v) is 3.88. The van der Waals surface area contributed by atoms with E-state index in [-0.39, 0.29) is 12.5 Å². The number of amides is 1. The molecule has 1 rings (SSSR count). The average molecular weight is 238 g/mol. The van der Waals surface area contributed by atoms with Crippen LogP contribution in [-0.4, -0.2) is 40.0 Å². The summed E-state index contributed by atoms with van der Waals surface area (Å²) in [6.07, 6.45) is 5.09. The molecular weight excluding hydrogens is 228 g/mol. The van der Waals surface area contributed by atoms with Crippen molar-refractivity contribution in [3.8, 4) is 12.3 Å². The van der Waals surface area contributed by atoms with E-state index in [9.17, 15) is 9.59 Å². The van der Waals surface area contributed by atoms with Crippen molar-refractivity contribution < 1.29 is 14.7 Å². The molecule has 0 saturated carbocycles. The summed E-state index contributed by atoms with van der Waals surface area (Å²) in [6, 6.07) is 0. The Morgan fingerprint density at radius 3 is 2.81 bits per heavy atom. The van der Waals surface area contributed by atoms with E-state index < -0.39 is 12.5 Å². The normalized spacial score (nSPS) is 9.50. The Labute approximate surface area is 96.7 Å². The van der Waals surface area contributed by atoms with Crippen molar-refractivity contribution in [1.29, 1.82) is 0 Å². The van der Waals surface area contributed by atoms with E-state index in [1.807, 2.05) is 0 Å². The number of hydrogen-bond donors (Lipinski definition) is 1. The standard InChI is InChI=1S/C10H10N2O3S/c1-3-4-12(5-8(13)14)10(15)9-7(2)11-6-16-9/h1,6H,4-5H2,2H3,(H,13,14). The fourth-order valence-electron chi connectivity index (χ4n) is 1.12. The quantitative estimate of drug-likeness (QED) is 0.780. The van der Waals surface area contributed by atoms with E-state index >= 15 is 0 Å². The zero-order valence-corrected chi connectivity index (χ0v) is 9.45. The van der Waals surface area contributed by atoms with Crippen LogP contribution in [0.3, 0.4) is 0 Å². The number of nitrogens with zero attached hydrogens (tertiary/aromatic N) is 2. The van der Waals surface area contributed by atoms with Crippen LogP contribution in [0.15, 0.2) is 5.51 Å². The molecule has 0 atom stereocenters. The number of carbonyl (C=O) groups excluding carboxylic acids is 1. The van der Waals surface area contributed by atoms with Crippen LogP contribution in [0.2, 0.25) is 0 Å². The Hall–Kier alpha value is -1.87. The molecule has 0 bridgehead atoms. The Morgan fingerprint density at radius 2 is 2.38 bits per heavy atom. The van der Waals surface area contributed by atoms with E-state index in [0.717, 1.165) is 4.90 Å². The molecule has 0 spiro atoms. The molecule has 1 heterocycles. The minimum Gasteiger partial charge on any atom is -0.480 e. The highest BCUT2D eigenvalue weighted by molar-refractivity contribution is 7.11. The molecule has 0 unspecified atom stereocenters. The highest BCUT2D eigenvalue weighted by atomic mass is 32.1. The molecule has 0 aliphatic rings. The van der Waals surface area contributed by atoms with Gasteiger partial charge in [0.05, 0.1) is 17.7 Å². The van der Waals surface area contributed by atoms with Gasteiger partial charge in [0.1, 0.15) is 11.4 Å². The fraction of sp³-hybridized carbons (Fsp3) is 0.300. The average Bonchev–Trinajstić information content (AvgIpc) is 2.62. The number of terminal acetylenes is 1. The third-order valence-electron chi connectivity index (χ3n) is 1.84. The number of carboxylic acid groups (broad SMARTS) is 1. The van der Waals surface area contributed by atoms with E-state index in [2.05, 4.69) is 10.9 Å². The zero-order chi connectivity index (χ0) is 12.1. The maximum Gasteiger partial charge on any atom is 0.323 e. The van der Waals surface area contributed by atoms with Gasteiger partial charge in [-0.3, -0.25) is 9.59 Å². The van der Waals surface area contributed by atoms with Crippen LogP contribution in [0.4, 0.5) is 0 Å². The first-order valence-corrected chi connectivity index (χ1v) is 5.28. The summed E-state index contributed by atoms with van der Waals surface area (Å²) in [7, 11) is 0. The van der Waals surface area contributed by atoms with Crippen molar-refractivity contribution in [3.05, 3.63) is 16.1 Å². The lowest BCUT2D eigenvalue weighted by Gasteiger charge is -2.16. The van der Waals surface area contributed by atoms with Crippen LogP contribution < -0.4 is 0 Å². The largest absolute Gasteiger partial charge is 0.480 e. The molecule has 1 amide bonds. The predicted octanol–water partition coefficient (Wildman–Crippen LogP) is 0.612. The first-order chi connectivity index (χ1) is 7.56. The van der Waals surface area contributed by atoms with Gasteiger partial charge in [0.2, 0.25) is 0 Å². The summed E-state index contributed by atoms with van der Waals surface area (Å²) in [5.41, 5.74) is 2.12. The third kappa shape index (κ3) is 2.81. The highest BCUT2D eigenvalue weighted by Crippen LogP contribution is 2.14. The van der Waals surface area contributed by atoms with Crippen molar-refractivity contribution in [2.45, 2.75) is 6.92 Å². The number of aliphatic carboxylic acids is 1. The van der Waals surface area contributed by atoms with Gasteiger partial charge in [-0.2, -0.15) is 0 Å². The van der Waals surface area contributed by atoms with E-state index in [0.29, 0.717) is 10.6 Å². The number of aryl methyl sites for hydroxylation is 1. The summed E-state index contributed by atoms with van der Waals surface area (Å²) in [5, 5.41) is 8.65. The molecule has 0 saturated heterocycles. The van der Waals surface area contributed by atoms with Gasteiger partial charge in [-0.25, -0.2) is 4.98 Å². The molecule has 1 N–H and O–H groups in total. The van der Waals surface area contributed by atoms with Crippen molar-refractivity contribution >= 4 is 23.2 Å². The number of aromatic nitrogens is 1. The molecular formula is C10H10N2O3S. The Morgan fingerprint density at radius 1 is 1.69 bits per heavy atom. The van der Waals surface area contributed by atoms with Gasteiger partial charge in [0, 0.05) is 0 Å². The second-order valence-electron chi connectivity index (χ2n) is 3.03. The number of thiazole rings is 1. The van der Waals surface area contributed by atoms with Crippen molar-refractivity contribution in [3.63, 3.8) is 0 Å². The molecule has 0 aliphatic heterocycles. The van der Waals surface area contributed by atoms with Gasteiger partial charge in [-0.1, -0.05) is 5.92 Å². The second kappa shape index (κ2) is 5.28. The van der Waals surface area contributed by atoms with Crippen molar-refractivity contribution in [2.75, 3.05) is 13.1 Å². The number of hydrogen-bond acceptors (Lipinski definition) is 4. The molecule has 0 aliphatic carbocycles. The minimum atomic E-state index is -1.09. The number of rotatable bonds is 4. The van der Waals surface area contributed by atoms with Crippen molar-refractivity contribution in [1.82, 2.24) is 9.88 Å². The molecule has 84 valence electrons. The molecule has 6 heteroatoms. The van der Waals surface area contributed by atoms with Gasteiger partial charge in [-0.15, -0.1) is 17.8 Å². The molecule has 1 aromatic heterocycles. The Kier molecular flexibility index (Phi) is 4.03. The van der Waals surface area contributed by atoms with Crippen LogP contribution in [0.1, 0.15) is 15.4 Å². The first-order valence-electron chi connectivity index (χ1n) is 4.41. The van der Waals surface area contributed by atoms with Crippen LogP contribution in [0.25, 0.3) is 0 Å². The molecule has 0 radical (unpaired) electrons.